The van der Waals surface area contributed by atoms with Gasteiger partial charge in [0.25, 0.3) is 5.91 Å². The number of carbonyl (C=O) groups is 2. The Labute approximate surface area is 165 Å². The third-order valence-electron chi connectivity index (χ3n) is 4.72. The van der Waals surface area contributed by atoms with Crippen LogP contribution in [0.3, 0.4) is 0 Å². The van der Waals surface area contributed by atoms with Crippen molar-refractivity contribution >= 4 is 22.8 Å². The number of fused-ring (bicyclic) bond motifs is 1. The smallest absolute Gasteiger partial charge is 0.251 e. The maximum absolute atomic E-state index is 12.3. The van der Waals surface area contributed by atoms with E-state index in [0.29, 0.717) is 12.1 Å². The zero-order valence-corrected chi connectivity index (χ0v) is 16.5. The van der Waals surface area contributed by atoms with Crippen LogP contribution in [0.5, 0.6) is 0 Å². The van der Waals surface area contributed by atoms with Gasteiger partial charge in [0.05, 0.1) is 11.0 Å². The highest BCUT2D eigenvalue weighted by Gasteiger charge is 2.16. The Bertz CT molecular complexity index is 993. The van der Waals surface area contributed by atoms with Crippen LogP contribution in [0.4, 0.5) is 0 Å². The van der Waals surface area contributed by atoms with Crippen LogP contribution in [0.15, 0.2) is 48.5 Å². The standard InChI is InChI=1S/C22H26N4O2/c1-15-8-6-9-18(14-15)22(28)24-16(2)21(27)23-12-7-13-26-17(3)25-19-10-4-5-11-20(19)26/h4-6,8-11,14,16H,7,12-13H2,1-3H3,(H,23,27)(H,24,28). The van der Waals surface area contributed by atoms with E-state index >= 15 is 0 Å². The molecule has 6 heteroatoms. The molecule has 0 saturated carbocycles. The molecule has 0 aliphatic carbocycles. The lowest BCUT2D eigenvalue weighted by Crippen LogP contribution is -2.45. The Morgan fingerprint density at radius 1 is 1.11 bits per heavy atom. The highest BCUT2D eigenvalue weighted by atomic mass is 16.2. The third kappa shape index (κ3) is 4.57. The van der Waals surface area contributed by atoms with Crippen molar-refractivity contribution < 1.29 is 9.59 Å². The highest BCUT2D eigenvalue weighted by molar-refractivity contribution is 5.97. The molecule has 0 bridgehead atoms. The molecule has 1 heterocycles. The second-order valence-corrected chi connectivity index (χ2v) is 7.01. The summed E-state index contributed by atoms with van der Waals surface area (Å²) in [6.45, 7) is 6.92. The van der Waals surface area contributed by atoms with E-state index in [-0.39, 0.29) is 11.8 Å². The summed E-state index contributed by atoms with van der Waals surface area (Å²) in [6.07, 6.45) is 0.783. The van der Waals surface area contributed by atoms with Crippen LogP contribution in [-0.4, -0.2) is 34.0 Å². The number of amides is 2. The van der Waals surface area contributed by atoms with Gasteiger partial charge in [0, 0.05) is 18.7 Å². The summed E-state index contributed by atoms with van der Waals surface area (Å²) in [6, 6.07) is 14.7. The van der Waals surface area contributed by atoms with Gasteiger partial charge in [-0.2, -0.15) is 0 Å². The number of aryl methyl sites for hydroxylation is 3. The van der Waals surface area contributed by atoms with Gasteiger partial charge in [-0.15, -0.1) is 0 Å². The monoisotopic (exact) mass is 378 g/mol. The van der Waals surface area contributed by atoms with Crippen LogP contribution in [0, 0.1) is 13.8 Å². The number of nitrogens with zero attached hydrogens (tertiary/aromatic N) is 2. The lowest BCUT2D eigenvalue weighted by atomic mass is 10.1. The third-order valence-corrected chi connectivity index (χ3v) is 4.72. The average Bonchev–Trinajstić information content (AvgIpc) is 3.00. The second-order valence-electron chi connectivity index (χ2n) is 7.01. The summed E-state index contributed by atoms with van der Waals surface area (Å²) in [4.78, 5) is 29.1. The summed E-state index contributed by atoms with van der Waals surface area (Å²) in [5, 5.41) is 5.64. The molecule has 2 aromatic carbocycles. The molecular weight excluding hydrogens is 352 g/mol. The van der Waals surface area contributed by atoms with Crippen molar-refractivity contribution in [1.82, 2.24) is 20.2 Å². The lowest BCUT2D eigenvalue weighted by Gasteiger charge is -2.15. The average molecular weight is 378 g/mol. The lowest BCUT2D eigenvalue weighted by molar-refractivity contribution is -0.122. The van der Waals surface area contributed by atoms with Gasteiger partial charge in [0.1, 0.15) is 11.9 Å². The molecule has 0 saturated heterocycles. The van der Waals surface area contributed by atoms with Crippen LogP contribution in [0.2, 0.25) is 0 Å². The van der Waals surface area contributed by atoms with Crippen molar-refractivity contribution in [3.63, 3.8) is 0 Å². The quantitative estimate of drug-likeness (QED) is 0.621. The van der Waals surface area contributed by atoms with Crippen molar-refractivity contribution in [2.75, 3.05) is 6.54 Å². The van der Waals surface area contributed by atoms with Gasteiger partial charge in [-0.05, 0) is 51.5 Å². The maximum atomic E-state index is 12.3. The molecule has 0 aliphatic heterocycles. The number of para-hydroxylation sites is 2. The molecule has 6 nitrogen and oxygen atoms in total. The minimum Gasteiger partial charge on any atom is -0.354 e. The van der Waals surface area contributed by atoms with Gasteiger partial charge in [-0.25, -0.2) is 4.98 Å². The molecule has 3 aromatic rings. The molecule has 3 rings (SSSR count). The molecule has 2 amide bonds. The number of benzene rings is 2. The first-order chi connectivity index (χ1) is 13.5. The first-order valence-corrected chi connectivity index (χ1v) is 9.53. The topological polar surface area (TPSA) is 76.0 Å². The minimum absolute atomic E-state index is 0.187. The van der Waals surface area contributed by atoms with Gasteiger partial charge >= 0.3 is 0 Å². The molecule has 1 atom stereocenters. The predicted molar refractivity (Wildman–Crippen MR) is 110 cm³/mol. The van der Waals surface area contributed by atoms with Gasteiger partial charge in [0.15, 0.2) is 0 Å². The van der Waals surface area contributed by atoms with Gasteiger partial charge < -0.3 is 15.2 Å². The predicted octanol–water partition coefficient (Wildman–Crippen LogP) is 2.98. The summed E-state index contributed by atoms with van der Waals surface area (Å²) in [5.41, 5.74) is 3.65. The number of hydrogen-bond acceptors (Lipinski definition) is 3. The Balaban J connectivity index is 1.47. The molecule has 0 fully saturated rings. The SMILES string of the molecule is Cc1cccc(C(=O)NC(C)C(=O)NCCCn2c(C)nc3ccccc32)c1. The Morgan fingerprint density at radius 2 is 1.89 bits per heavy atom. The molecule has 146 valence electrons. The van der Waals surface area contributed by atoms with E-state index in [9.17, 15) is 9.59 Å². The fraction of sp³-hybridized carbons (Fsp3) is 0.318. The zero-order valence-electron chi connectivity index (χ0n) is 16.5. The number of carbonyl (C=O) groups excluding carboxylic acids is 2. The maximum Gasteiger partial charge on any atom is 0.251 e. The molecule has 0 aliphatic rings. The van der Waals surface area contributed by atoms with Gasteiger partial charge in [-0.3, -0.25) is 9.59 Å². The number of imidazole rings is 1. The van der Waals surface area contributed by atoms with E-state index in [4.69, 9.17) is 0 Å². The molecule has 28 heavy (non-hydrogen) atoms. The number of aromatic nitrogens is 2. The van der Waals surface area contributed by atoms with Crippen molar-refractivity contribution in [2.45, 2.75) is 39.8 Å². The molecule has 1 aromatic heterocycles. The van der Waals surface area contributed by atoms with Crippen LogP contribution < -0.4 is 10.6 Å². The molecule has 2 N–H and O–H groups in total. The van der Waals surface area contributed by atoms with Crippen molar-refractivity contribution in [3.8, 4) is 0 Å². The Morgan fingerprint density at radius 3 is 2.68 bits per heavy atom. The zero-order chi connectivity index (χ0) is 20.1. The van der Waals surface area contributed by atoms with Crippen LogP contribution in [-0.2, 0) is 11.3 Å². The fourth-order valence-electron chi connectivity index (χ4n) is 3.21. The van der Waals surface area contributed by atoms with E-state index in [0.717, 1.165) is 35.4 Å². The molecule has 0 radical (unpaired) electrons. The minimum atomic E-state index is -0.594. The van der Waals surface area contributed by atoms with Crippen molar-refractivity contribution in [3.05, 3.63) is 65.5 Å². The van der Waals surface area contributed by atoms with Gasteiger partial charge in [0.2, 0.25) is 5.91 Å². The molecular formula is C22H26N4O2. The normalized spacial score (nSPS) is 12.0. The molecule has 1 unspecified atom stereocenters. The summed E-state index contributed by atoms with van der Waals surface area (Å²) < 4.78 is 2.16. The number of hydrogen-bond donors (Lipinski definition) is 2. The summed E-state index contributed by atoms with van der Waals surface area (Å²) in [7, 11) is 0. The fourth-order valence-corrected chi connectivity index (χ4v) is 3.21. The van der Waals surface area contributed by atoms with Crippen LogP contribution in [0.1, 0.15) is 35.1 Å². The Hall–Kier alpha value is -3.15. The van der Waals surface area contributed by atoms with Crippen molar-refractivity contribution in [1.29, 1.82) is 0 Å². The van der Waals surface area contributed by atoms with Gasteiger partial charge in [-0.1, -0.05) is 29.8 Å². The number of nitrogens with one attached hydrogen (secondary N) is 2. The summed E-state index contributed by atoms with van der Waals surface area (Å²) in [5.74, 6) is 0.534. The largest absolute Gasteiger partial charge is 0.354 e. The van der Waals surface area contributed by atoms with Crippen molar-refractivity contribution in [2.24, 2.45) is 0 Å². The highest BCUT2D eigenvalue weighted by Crippen LogP contribution is 2.15. The van der Waals surface area contributed by atoms with E-state index in [1.54, 1.807) is 19.1 Å². The molecule has 0 spiro atoms. The first-order valence-electron chi connectivity index (χ1n) is 9.53. The first kappa shape index (κ1) is 19.6. The summed E-state index contributed by atoms with van der Waals surface area (Å²) >= 11 is 0. The second kappa shape index (κ2) is 8.69. The Kier molecular flexibility index (Phi) is 6.09. The van der Waals surface area contributed by atoms with Crippen LogP contribution >= 0.6 is 0 Å². The van der Waals surface area contributed by atoms with E-state index < -0.39 is 6.04 Å². The van der Waals surface area contributed by atoms with Crippen LogP contribution in [0.25, 0.3) is 11.0 Å². The van der Waals surface area contributed by atoms with E-state index in [2.05, 4.69) is 26.3 Å². The number of rotatable bonds is 7. The van der Waals surface area contributed by atoms with E-state index in [1.807, 2.05) is 44.2 Å². The van der Waals surface area contributed by atoms with E-state index in [1.165, 1.54) is 0 Å².